The van der Waals surface area contributed by atoms with E-state index in [2.05, 4.69) is 12.2 Å². The molecule has 0 fully saturated rings. The molecule has 0 aromatic carbocycles. The summed E-state index contributed by atoms with van der Waals surface area (Å²) in [5.41, 5.74) is 0. The van der Waals surface area contributed by atoms with Crippen molar-refractivity contribution in [2.45, 2.75) is 39.7 Å². The Morgan fingerprint density at radius 3 is 2.50 bits per heavy atom. The van der Waals surface area contributed by atoms with Crippen molar-refractivity contribution < 1.29 is 14.6 Å². The highest BCUT2D eigenvalue weighted by molar-refractivity contribution is 5.72. The Balaban J connectivity index is 3.94. The molecular weight excluding hydrogens is 206 g/mol. The van der Waals surface area contributed by atoms with E-state index in [0.29, 0.717) is 5.92 Å². The Labute approximate surface area is 98.4 Å². The van der Waals surface area contributed by atoms with Gasteiger partial charge in [-0.2, -0.15) is 0 Å². The van der Waals surface area contributed by atoms with Gasteiger partial charge in [0, 0.05) is 12.6 Å². The lowest BCUT2D eigenvalue weighted by molar-refractivity contribution is -0.145. The second-order valence-electron chi connectivity index (χ2n) is 4.30. The van der Waals surface area contributed by atoms with Crippen LogP contribution in [0.4, 0.5) is 0 Å². The fourth-order valence-electron chi connectivity index (χ4n) is 1.55. The highest BCUT2D eigenvalue weighted by Crippen LogP contribution is 2.09. The predicted octanol–water partition coefficient (Wildman–Crippen LogP) is 1.18. The molecule has 4 heteroatoms. The fraction of sp³-hybridized carbons (Fsp3) is 0.917. The molecule has 0 spiro atoms. The van der Waals surface area contributed by atoms with Crippen molar-refractivity contribution in [3.63, 3.8) is 0 Å². The van der Waals surface area contributed by atoms with E-state index in [1.54, 1.807) is 0 Å². The first kappa shape index (κ1) is 15.4. The van der Waals surface area contributed by atoms with Crippen LogP contribution >= 0.6 is 0 Å². The summed E-state index contributed by atoms with van der Waals surface area (Å²) in [5, 5.41) is 12.2. The largest absolute Gasteiger partial charge is 0.469 e. The third-order valence-electron chi connectivity index (χ3n) is 3.17. The Morgan fingerprint density at radius 1 is 1.44 bits per heavy atom. The zero-order valence-corrected chi connectivity index (χ0v) is 10.8. The van der Waals surface area contributed by atoms with Crippen LogP contribution in [0.5, 0.6) is 0 Å². The van der Waals surface area contributed by atoms with E-state index in [-0.39, 0.29) is 24.5 Å². The van der Waals surface area contributed by atoms with E-state index in [4.69, 9.17) is 9.84 Å². The molecule has 0 aliphatic carbocycles. The van der Waals surface area contributed by atoms with Gasteiger partial charge in [-0.1, -0.05) is 20.3 Å². The number of hydrogen-bond acceptors (Lipinski definition) is 4. The summed E-state index contributed by atoms with van der Waals surface area (Å²) in [6.07, 6.45) is 1.84. The number of esters is 1. The predicted molar refractivity (Wildman–Crippen MR) is 64.1 cm³/mol. The minimum absolute atomic E-state index is 0.0974. The maximum atomic E-state index is 11.3. The van der Waals surface area contributed by atoms with Crippen LogP contribution in [0, 0.1) is 11.8 Å². The molecule has 3 unspecified atom stereocenters. The first-order valence-corrected chi connectivity index (χ1v) is 5.98. The minimum Gasteiger partial charge on any atom is -0.469 e. The molecule has 0 saturated carbocycles. The molecule has 3 atom stereocenters. The quantitative estimate of drug-likeness (QED) is 0.616. The number of hydrogen-bond donors (Lipinski definition) is 2. The van der Waals surface area contributed by atoms with Crippen LogP contribution < -0.4 is 5.32 Å². The molecule has 0 amide bonds. The van der Waals surface area contributed by atoms with Gasteiger partial charge in [0.1, 0.15) is 0 Å². The third kappa shape index (κ3) is 5.47. The van der Waals surface area contributed by atoms with Crippen LogP contribution in [0.15, 0.2) is 0 Å². The van der Waals surface area contributed by atoms with Crippen molar-refractivity contribution in [3.05, 3.63) is 0 Å². The first-order chi connectivity index (χ1) is 7.56. The second-order valence-corrected chi connectivity index (χ2v) is 4.30. The minimum atomic E-state index is -0.185. The Hall–Kier alpha value is -0.610. The van der Waals surface area contributed by atoms with Crippen LogP contribution in [-0.4, -0.2) is 37.4 Å². The maximum absolute atomic E-state index is 11.3. The number of carbonyl (C=O) groups excluding carboxylic acids is 1. The van der Waals surface area contributed by atoms with Gasteiger partial charge in [0.2, 0.25) is 0 Å². The number of aliphatic hydroxyl groups is 1. The summed E-state index contributed by atoms with van der Waals surface area (Å²) in [6.45, 7) is 7.00. The van der Waals surface area contributed by atoms with Crippen molar-refractivity contribution >= 4 is 5.97 Å². The van der Waals surface area contributed by atoms with Gasteiger partial charge < -0.3 is 15.2 Å². The van der Waals surface area contributed by atoms with Gasteiger partial charge in [-0.25, -0.2) is 0 Å². The lowest BCUT2D eigenvalue weighted by Crippen LogP contribution is -2.39. The molecule has 16 heavy (non-hydrogen) atoms. The first-order valence-electron chi connectivity index (χ1n) is 5.98. The van der Waals surface area contributed by atoms with Crippen LogP contribution in [0.2, 0.25) is 0 Å². The van der Waals surface area contributed by atoms with Crippen molar-refractivity contribution in [3.8, 4) is 0 Å². The van der Waals surface area contributed by atoms with Crippen molar-refractivity contribution in [2.24, 2.45) is 11.8 Å². The molecule has 0 rings (SSSR count). The van der Waals surface area contributed by atoms with Crippen molar-refractivity contribution in [1.82, 2.24) is 5.32 Å². The monoisotopic (exact) mass is 231 g/mol. The van der Waals surface area contributed by atoms with E-state index in [9.17, 15) is 4.79 Å². The third-order valence-corrected chi connectivity index (χ3v) is 3.17. The highest BCUT2D eigenvalue weighted by Gasteiger charge is 2.20. The summed E-state index contributed by atoms with van der Waals surface area (Å²) in [5.74, 6) is 0.143. The molecule has 2 N–H and O–H groups in total. The molecule has 0 aliphatic rings. The summed E-state index contributed by atoms with van der Waals surface area (Å²) in [7, 11) is 1.41. The maximum Gasteiger partial charge on any atom is 0.309 e. The number of nitrogens with one attached hydrogen (secondary N) is 1. The van der Waals surface area contributed by atoms with E-state index < -0.39 is 0 Å². The number of rotatable bonds is 8. The lowest BCUT2D eigenvalue weighted by atomic mass is 10.00. The molecule has 0 aromatic rings. The summed E-state index contributed by atoms with van der Waals surface area (Å²) < 4.78 is 4.69. The van der Waals surface area contributed by atoms with Gasteiger partial charge in [-0.15, -0.1) is 0 Å². The zero-order chi connectivity index (χ0) is 12.6. The van der Waals surface area contributed by atoms with Crippen molar-refractivity contribution in [2.75, 3.05) is 20.3 Å². The molecular formula is C12H25NO3. The molecule has 0 bridgehead atoms. The van der Waals surface area contributed by atoms with Gasteiger partial charge in [0.05, 0.1) is 13.0 Å². The standard InChI is InChI=1S/C12H25NO3/c1-5-11(6-7-14)8-13-10(3)9(2)12(15)16-4/h9-11,13-14H,5-8H2,1-4H3. The van der Waals surface area contributed by atoms with Gasteiger partial charge in [-0.05, 0) is 25.8 Å². The molecule has 0 heterocycles. The van der Waals surface area contributed by atoms with Gasteiger partial charge in [0.15, 0.2) is 0 Å². The van der Waals surface area contributed by atoms with Crippen molar-refractivity contribution in [1.29, 1.82) is 0 Å². The molecule has 96 valence electrons. The average Bonchev–Trinajstić information content (AvgIpc) is 2.31. The number of methoxy groups -OCH3 is 1. The normalized spacial score (nSPS) is 16.6. The average molecular weight is 231 g/mol. The second kappa shape index (κ2) is 8.53. The van der Waals surface area contributed by atoms with Crippen LogP contribution in [0.25, 0.3) is 0 Å². The van der Waals surface area contributed by atoms with E-state index >= 15 is 0 Å². The SMILES string of the molecule is CCC(CCO)CNC(C)C(C)C(=O)OC. The summed E-state index contributed by atoms with van der Waals surface area (Å²) >= 11 is 0. The number of aliphatic hydroxyl groups excluding tert-OH is 1. The Bertz CT molecular complexity index is 197. The molecule has 0 saturated heterocycles. The number of carbonyl (C=O) groups is 1. The summed E-state index contributed by atoms with van der Waals surface area (Å²) in [4.78, 5) is 11.3. The highest BCUT2D eigenvalue weighted by atomic mass is 16.5. The summed E-state index contributed by atoms with van der Waals surface area (Å²) in [6, 6.07) is 0.0974. The number of ether oxygens (including phenoxy) is 1. The van der Waals surface area contributed by atoms with E-state index in [1.807, 2.05) is 13.8 Å². The smallest absolute Gasteiger partial charge is 0.309 e. The molecule has 0 aromatic heterocycles. The molecule has 0 radical (unpaired) electrons. The Kier molecular flexibility index (Phi) is 8.21. The Morgan fingerprint density at radius 2 is 2.06 bits per heavy atom. The zero-order valence-electron chi connectivity index (χ0n) is 10.8. The van der Waals surface area contributed by atoms with Gasteiger partial charge in [-0.3, -0.25) is 4.79 Å². The fourth-order valence-corrected chi connectivity index (χ4v) is 1.55. The topological polar surface area (TPSA) is 58.6 Å². The molecule has 0 aliphatic heterocycles. The van der Waals surface area contributed by atoms with Crippen LogP contribution in [-0.2, 0) is 9.53 Å². The van der Waals surface area contributed by atoms with Crippen LogP contribution in [0.3, 0.4) is 0 Å². The van der Waals surface area contributed by atoms with E-state index in [0.717, 1.165) is 19.4 Å². The van der Waals surface area contributed by atoms with Crippen LogP contribution in [0.1, 0.15) is 33.6 Å². The van der Waals surface area contributed by atoms with Gasteiger partial charge in [0.25, 0.3) is 0 Å². The van der Waals surface area contributed by atoms with Gasteiger partial charge >= 0.3 is 5.97 Å². The lowest BCUT2D eigenvalue weighted by Gasteiger charge is -2.22. The molecule has 4 nitrogen and oxygen atoms in total. The van der Waals surface area contributed by atoms with E-state index in [1.165, 1.54) is 7.11 Å².